The molecule has 90 valence electrons. The van der Waals surface area contributed by atoms with Gasteiger partial charge in [-0.05, 0) is 25.1 Å². The van der Waals surface area contributed by atoms with Crippen molar-refractivity contribution in [3.8, 4) is 18.1 Å². The highest BCUT2D eigenvalue weighted by molar-refractivity contribution is 5.94. The number of nitrogens with zero attached hydrogens (tertiary/aromatic N) is 1. The standard InChI is InChI=1S/C13H14FNO2/c1-4-8-15(5-2)13(16)10-6-7-11(14)12(9-10)17-3/h1,6-7,9H,5,8H2,2-3H3. The van der Waals surface area contributed by atoms with Crippen LogP contribution in [0.25, 0.3) is 0 Å². The summed E-state index contributed by atoms with van der Waals surface area (Å²) in [7, 11) is 1.35. The molecule has 0 atom stereocenters. The van der Waals surface area contributed by atoms with E-state index in [0.29, 0.717) is 12.1 Å². The van der Waals surface area contributed by atoms with E-state index in [2.05, 4.69) is 5.92 Å². The van der Waals surface area contributed by atoms with Crippen molar-refractivity contribution in [2.75, 3.05) is 20.2 Å². The molecule has 1 aromatic carbocycles. The van der Waals surface area contributed by atoms with Gasteiger partial charge < -0.3 is 9.64 Å². The van der Waals surface area contributed by atoms with Crippen LogP contribution in [-0.2, 0) is 0 Å². The molecule has 0 heterocycles. The average molecular weight is 235 g/mol. The van der Waals surface area contributed by atoms with Crippen LogP contribution in [0.1, 0.15) is 17.3 Å². The van der Waals surface area contributed by atoms with E-state index in [1.165, 1.54) is 30.2 Å². The fourth-order valence-corrected chi connectivity index (χ4v) is 1.41. The lowest BCUT2D eigenvalue weighted by Gasteiger charge is -2.18. The number of hydrogen-bond donors (Lipinski definition) is 0. The Morgan fingerprint density at radius 1 is 1.59 bits per heavy atom. The molecule has 0 spiro atoms. The lowest BCUT2D eigenvalue weighted by Crippen LogP contribution is -2.31. The van der Waals surface area contributed by atoms with E-state index in [4.69, 9.17) is 11.2 Å². The second kappa shape index (κ2) is 5.90. The molecule has 0 radical (unpaired) electrons. The quantitative estimate of drug-likeness (QED) is 0.746. The van der Waals surface area contributed by atoms with E-state index in [-0.39, 0.29) is 18.2 Å². The second-order valence-electron chi connectivity index (χ2n) is 3.37. The number of halogens is 1. The summed E-state index contributed by atoms with van der Waals surface area (Å²) in [4.78, 5) is 13.5. The molecule has 4 heteroatoms. The van der Waals surface area contributed by atoms with E-state index < -0.39 is 5.82 Å². The van der Waals surface area contributed by atoms with E-state index in [9.17, 15) is 9.18 Å². The number of ether oxygens (including phenoxy) is 1. The molecule has 0 saturated carbocycles. The van der Waals surface area contributed by atoms with Gasteiger partial charge in [0.1, 0.15) is 0 Å². The number of hydrogen-bond acceptors (Lipinski definition) is 2. The molecule has 3 nitrogen and oxygen atoms in total. The smallest absolute Gasteiger partial charge is 0.254 e. The number of rotatable bonds is 4. The van der Waals surface area contributed by atoms with Crippen LogP contribution >= 0.6 is 0 Å². The minimum absolute atomic E-state index is 0.0487. The van der Waals surface area contributed by atoms with Gasteiger partial charge in [-0.15, -0.1) is 6.42 Å². The summed E-state index contributed by atoms with van der Waals surface area (Å²) in [6, 6.07) is 3.99. The summed E-state index contributed by atoms with van der Waals surface area (Å²) in [5.41, 5.74) is 0.361. The lowest BCUT2D eigenvalue weighted by molar-refractivity contribution is 0.0784. The summed E-state index contributed by atoms with van der Waals surface area (Å²) >= 11 is 0. The maximum atomic E-state index is 13.2. The zero-order valence-electron chi connectivity index (χ0n) is 9.87. The number of methoxy groups -OCH3 is 1. The fraction of sp³-hybridized carbons (Fsp3) is 0.308. The Morgan fingerprint density at radius 2 is 2.29 bits per heavy atom. The minimum atomic E-state index is -0.496. The maximum Gasteiger partial charge on any atom is 0.254 e. The summed E-state index contributed by atoms with van der Waals surface area (Å²) in [5.74, 6) is 1.73. The lowest BCUT2D eigenvalue weighted by atomic mass is 10.2. The van der Waals surface area contributed by atoms with Crippen LogP contribution in [-0.4, -0.2) is 31.0 Å². The van der Waals surface area contributed by atoms with Gasteiger partial charge in [-0.1, -0.05) is 5.92 Å². The van der Waals surface area contributed by atoms with Crippen molar-refractivity contribution >= 4 is 5.91 Å². The Kier molecular flexibility index (Phi) is 4.53. The van der Waals surface area contributed by atoms with Crippen molar-refractivity contribution in [1.29, 1.82) is 0 Å². The molecule has 1 aromatic rings. The normalized spacial score (nSPS) is 9.53. The zero-order chi connectivity index (χ0) is 12.8. The molecule has 1 amide bonds. The Labute approximate surface area is 100 Å². The van der Waals surface area contributed by atoms with Gasteiger partial charge in [0.05, 0.1) is 13.7 Å². The number of benzene rings is 1. The van der Waals surface area contributed by atoms with Crippen molar-refractivity contribution in [1.82, 2.24) is 4.90 Å². The molecular formula is C13H14FNO2. The summed E-state index contributed by atoms with van der Waals surface area (Å²) in [6.07, 6.45) is 5.17. The van der Waals surface area contributed by atoms with E-state index in [1.54, 1.807) is 0 Å². The molecule has 0 fully saturated rings. The molecule has 0 saturated heterocycles. The SMILES string of the molecule is C#CCN(CC)C(=O)c1ccc(F)c(OC)c1. The third-order valence-electron chi connectivity index (χ3n) is 2.35. The summed E-state index contributed by atoms with van der Waals surface area (Å²) in [5, 5.41) is 0. The Morgan fingerprint density at radius 3 is 2.82 bits per heavy atom. The molecule has 0 unspecified atom stereocenters. The Bertz CT molecular complexity index is 451. The van der Waals surface area contributed by atoms with Crippen molar-refractivity contribution in [3.05, 3.63) is 29.6 Å². The predicted molar refractivity (Wildman–Crippen MR) is 63.4 cm³/mol. The van der Waals surface area contributed by atoms with Gasteiger partial charge in [-0.3, -0.25) is 4.79 Å². The molecule has 0 N–H and O–H groups in total. The van der Waals surface area contributed by atoms with Crippen LogP contribution in [0, 0.1) is 18.2 Å². The molecular weight excluding hydrogens is 221 g/mol. The van der Waals surface area contributed by atoms with E-state index in [1.807, 2.05) is 6.92 Å². The number of carbonyl (C=O) groups is 1. The molecule has 0 bridgehead atoms. The van der Waals surface area contributed by atoms with Gasteiger partial charge in [-0.25, -0.2) is 4.39 Å². The fourth-order valence-electron chi connectivity index (χ4n) is 1.41. The highest BCUT2D eigenvalue weighted by Crippen LogP contribution is 2.19. The van der Waals surface area contributed by atoms with Crippen molar-refractivity contribution < 1.29 is 13.9 Å². The van der Waals surface area contributed by atoms with Gasteiger partial charge in [0.15, 0.2) is 11.6 Å². The van der Waals surface area contributed by atoms with Gasteiger partial charge >= 0.3 is 0 Å². The first kappa shape index (κ1) is 13.0. The molecule has 0 aliphatic heterocycles. The average Bonchev–Trinajstić information content (AvgIpc) is 2.35. The van der Waals surface area contributed by atoms with Gasteiger partial charge in [0, 0.05) is 12.1 Å². The Hall–Kier alpha value is -2.02. The third-order valence-corrected chi connectivity index (χ3v) is 2.35. The van der Waals surface area contributed by atoms with E-state index >= 15 is 0 Å². The van der Waals surface area contributed by atoms with Crippen LogP contribution < -0.4 is 4.74 Å². The number of terminal acetylenes is 1. The Balaban J connectivity index is 3.00. The maximum absolute atomic E-state index is 13.2. The third kappa shape index (κ3) is 2.97. The van der Waals surface area contributed by atoms with Gasteiger partial charge in [0.2, 0.25) is 0 Å². The minimum Gasteiger partial charge on any atom is -0.494 e. The van der Waals surface area contributed by atoms with Crippen molar-refractivity contribution in [3.63, 3.8) is 0 Å². The molecule has 0 aliphatic rings. The topological polar surface area (TPSA) is 29.5 Å². The number of carbonyl (C=O) groups excluding carboxylic acids is 1. The predicted octanol–water partition coefficient (Wildman–Crippen LogP) is 1.93. The monoisotopic (exact) mass is 235 g/mol. The summed E-state index contributed by atoms with van der Waals surface area (Å²) in [6.45, 7) is 2.56. The van der Waals surface area contributed by atoms with Crippen LogP contribution in [0.5, 0.6) is 5.75 Å². The van der Waals surface area contributed by atoms with Gasteiger partial charge in [0.25, 0.3) is 5.91 Å². The van der Waals surface area contributed by atoms with Crippen molar-refractivity contribution in [2.45, 2.75) is 6.92 Å². The van der Waals surface area contributed by atoms with E-state index in [0.717, 1.165) is 0 Å². The zero-order valence-corrected chi connectivity index (χ0v) is 9.87. The largest absolute Gasteiger partial charge is 0.494 e. The molecule has 17 heavy (non-hydrogen) atoms. The summed E-state index contributed by atoms with van der Waals surface area (Å²) < 4.78 is 18.0. The van der Waals surface area contributed by atoms with Crippen LogP contribution in [0.4, 0.5) is 4.39 Å². The van der Waals surface area contributed by atoms with Crippen LogP contribution in [0.3, 0.4) is 0 Å². The first-order valence-corrected chi connectivity index (χ1v) is 5.20. The van der Waals surface area contributed by atoms with Crippen LogP contribution in [0.2, 0.25) is 0 Å². The molecule has 0 aliphatic carbocycles. The molecule has 0 aromatic heterocycles. The van der Waals surface area contributed by atoms with Gasteiger partial charge in [-0.2, -0.15) is 0 Å². The molecule has 1 rings (SSSR count). The number of amides is 1. The highest BCUT2D eigenvalue weighted by Gasteiger charge is 2.15. The van der Waals surface area contributed by atoms with Crippen molar-refractivity contribution in [2.24, 2.45) is 0 Å². The van der Waals surface area contributed by atoms with Crippen LogP contribution in [0.15, 0.2) is 18.2 Å². The second-order valence-corrected chi connectivity index (χ2v) is 3.37. The highest BCUT2D eigenvalue weighted by atomic mass is 19.1. The first-order chi connectivity index (χ1) is 8.13. The first-order valence-electron chi connectivity index (χ1n) is 5.20.